The Hall–Kier alpha value is -0.390. The Morgan fingerprint density at radius 3 is 2.44 bits per heavy atom. The molecule has 18 heavy (non-hydrogen) atoms. The van der Waals surface area contributed by atoms with Gasteiger partial charge >= 0.3 is 0 Å². The van der Waals surface area contributed by atoms with Crippen LogP contribution in [-0.2, 0) is 9.84 Å². The minimum absolute atomic E-state index is 0.241. The molecule has 3 unspecified atom stereocenters. The van der Waals surface area contributed by atoms with Crippen molar-refractivity contribution in [2.24, 2.45) is 11.7 Å². The molecule has 1 aromatic rings. The summed E-state index contributed by atoms with van der Waals surface area (Å²) in [5, 5.41) is -0.442. The summed E-state index contributed by atoms with van der Waals surface area (Å²) < 4.78 is 26.0. The highest BCUT2D eigenvalue weighted by atomic mass is 79.9. The lowest BCUT2D eigenvalue weighted by Gasteiger charge is -2.32. The monoisotopic (exact) mass is 331 g/mol. The van der Waals surface area contributed by atoms with Crippen molar-refractivity contribution in [3.05, 3.63) is 28.7 Å². The maximum Gasteiger partial charge on any atom is 0.182 e. The molecule has 1 aliphatic rings. The number of nitrogens with two attached hydrogens (primary N) is 1. The number of hydrogen-bond acceptors (Lipinski definition) is 3. The first-order valence-electron chi connectivity index (χ1n) is 6.16. The van der Waals surface area contributed by atoms with Crippen LogP contribution in [0, 0.1) is 5.92 Å². The normalized spacial score (nSPS) is 29.2. The Labute approximate surface area is 117 Å². The zero-order valence-corrected chi connectivity index (χ0v) is 12.7. The van der Waals surface area contributed by atoms with E-state index in [0.29, 0.717) is 17.2 Å². The van der Waals surface area contributed by atoms with Crippen LogP contribution in [0.1, 0.15) is 26.2 Å². The molecule has 1 saturated carbocycles. The summed E-state index contributed by atoms with van der Waals surface area (Å²) in [6, 6.07) is 6.56. The Balaban J connectivity index is 2.32. The van der Waals surface area contributed by atoms with Gasteiger partial charge in [0.15, 0.2) is 9.84 Å². The van der Waals surface area contributed by atoms with E-state index < -0.39 is 15.1 Å². The van der Waals surface area contributed by atoms with Crippen LogP contribution in [0.25, 0.3) is 0 Å². The Kier molecular flexibility index (Phi) is 4.14. The average Bonchev–Trinajstić information content (AvgIpc) is 2.32. The van der Waals surface area contributed by atoms with Gasteiger partial charge in [0, 0.05) is 10.5 Å². The summed E-state index contributed by atoms with van der Waals surface area (Å²) in [6.45, 7) is 2.09. The molecule has 0 aromatic heterocycles. The van der Waals surface area contributed by atoms with Gasteiger partial charge in [0.2, 0.25) is 0 Å². The molecule has 0 bridgehead atoms. The first-order valence-corrected chi connectivity index (χ1v) is 8.50. The fourth-order valence-corrected chi connectivity index (χ4v) is 4.82. The van der Waals surface area contributed by atoms with E-state index in [1.165, 1.54) is 0 Å². The number of rotatable bonds is 2. The maximum absolute atomic E-state index is 12.6. The highest BCUT2D eigenvalue weighted by Gasteiger charge is 2.36. The lowest BCUT2D eigenvalue weighted by Crippen LogP contribution is -2.44. The summed E-state index contributed by atoms with van der Waals surface area (Å²) in [5.74, 6) is 0.431. The molecule has 0 amide bonds. The molecule has 3 nitrogen and oxygen atoms in total. The highest BCUT2D eigenvalue weighted by Crippen LogP contribution is 2.31. The van der Waals surface area contributed by atoms with Crippen molar-refractivity contribution in [3.63, 3.8) is 0 Å². The Morgan fingerprint density at radius 2 is 1.83 bits per heavy atom. The van der Waals surface area contributed by atoms with Crippen LogP contribution in [0.2, 0.25) is 0 Å². The molecule has 100 valence electrons. The van der Waals surface area contributed by atoms with E-state index in [1.54, 1.807) is 24.3 Å². The highest BCUT2D eigenvalue weighted by molar-refractivity contribution is 9.10. The molecule has 1 aromatic carbocycles. The van der Waals surface area contributed by atoms with Gasteiger partial charge in [0.1, 0.15) is 0 Å². The Bertz CT molecular complexity index is 512. The van der Waals surface area contributed by atoms with Crippen LogP contribution >= 0.6 is 15.9 Å². The lowest BCUT2D eigenvalue weighted by molar-refractivity contribution is 0.346. The fraction of sp³-hybridized carbons (Fsp3) is 0.538. The average molecular weight is 332 g/mol. The summed E-state index contributed by atoms with van der Waals surface area (Å²) in [6.07, 6.45) is 2.48. The molecule has 2 rings (SSSR count). The SMILES string of the molecule is CC1CCC(N)C(S(=O)(=O)c2ccc(Br)cc2)C1. The largest absolute Gasteiger partial charge is 0.327 e. The molecular formula is C13H18BrNO2S. The van der Waals surface area contributed by atoms with E-state index in [4.69, 9.17) is 5.73 Å². The van der Waals surface area contributed by atoms with Crippen LogP contribution in [0.15, 0.2) is 33.6 Å². The molecule has 1 fully saturated rings. The van der Waals surface area contributed by atoms with E-state index in [1.807, 2.05) is 0 Å². The van der Waals surface area contributed by atoms with Crippen molar-refractivity contribution in [3.8, 4) is 0 Å². The van der Waals surface area contributed by atoms with Gasteiger partial charge < -0.3 is 5.73 Å². The van der Waals surface area contributed by atoms with Gasteiger partial charge in [0.05, 0.1) is 10.1 Å². The minimum atomic E-state index is -3.31. The van der Waals surface area contributed by atoms with E-state index in [9.17, 15) is 8.42 Å². The van der Waals surface area contributed by atoms with Crippen LogP contribution in [-0.4, -0.2) is 19.7 Å². The first-order chi connectivity index (χ1) is 8.41. The van der Waals surface area contributed by atoms with Crippen LogP contribution in [0.5, 0.6) is 0 Å². The molecule has 0 saturated heterocycles. The third-order valence-electron chi connectivity index (χ3n) is 3.65. The number of benzene rings is 1. The molecule has 0 heterocycles. The van der Waals surface area contributed by atoms with Crippen molar-refractivity contribution in [2.45, 2.75) is 42.4 Å². The van der Waals surface area contributed by atoms with Crippen molar-refractivity contribution in [2.75, 3.05) is 0 Å². The first kappa shape index (κ1) is 14.0. The van der Waals surface area contributed by atoms with Crippen LogP contribution in [0.4, 0.5) is 0 Å². The van der Waals surface area contributed by atoms with Gasteiger partial charge in [-0.2, -0.15) is 0 Å². The molecule has 3 atom stereocenters. The zero-order chi connectivity index (χ0) is 13.3. The van der Waals surface area contributed by atoms with Gasteiger partial charge in [-0.3, -0.25) is 0 Å². The maximum atomic E-state index is 12.6. The summed E-state index contributed by atoms with van der Waals surface area (Å²) in [4.78, 5) is 0.375. The number of sulfone groups is 1. The predicted octanol–water partition coefficient (Wildman–Crippen LogP) is 2.74. The van der Waals surface area contributed by atoms with Gasteiger partial charge in [-0.1, -0.05) is 22.9 Å². The second-order valence-corrected chi connectivity index (χ2v) is 8.20. The predicted molar refractivity (Wildman–Crippen MR) is 76.1 cm³/mol. The zero-order valence-electron chi connectivity index (χ0n) is 10.3. The number of hydrogen-bond donors (Lipinski definition) is 1. The third kappa shape index (κ3) is 2.78. The van der Waals surface area contributed by atoms with E-state index in [2.05, 4.69) is 22.9 Å². The van der Waals surface area contributed by atoms with E-state index in [-0.39, 0.29) is 6.04 Å². The van der Waals surface area contributed by atoms with E-state index in [0.717, 1.165) is 17.3 Å². The molecular weight excluding hydrogens is 314 g/mol. The summed E-state index contributed by atoms with van der Waals surface area (Å²) in [7, 11) is -3.31. The van der Waals surface area contributed by atoms with Crippen molar-refractivity contribution >= 4 is 25.8 Å². The van der Waals surface area contributed by atoms with Crippen LogP contribution < -0.4 is 5.73 Å². The fourth-order valence-electron chi connectivity index (χ4n) is 2.51. The Morgan fingerprint density at radius 1 is 1.22 bits per heavy atom. The van der Waals surface area contributed by atoms with Gasteiger partial charge in [-0.25, -0.2) is 8.42 Å². The van der Waals surface area contributed by atoms with Crippen molar-refractivity contribution < 1.29 is 8.42 Å². The van der Waals surface area contributed by atoms with Gasteiger partial charge in [0.25, 0.3) is 0 Å². The third-order valence-corrected chi connectivity index (χ3v) is 6.44. The molecule has 5 heteroatoms. The topological polar surface area (TPSA) is 60.2 Å². The van der Waals surface area contributed by atoms with Crippen molar-refractivity contribution in [1.82, 2.24) is 0 Å². The molecule has 0 aliphatic heterocycles. The molecule has 0 radical (unpaired) electrons. The van der Waals surface area contributed by atoms with Gasteiger partial charge in [-0.15, -0.1) is 0 Å². The summed E-state index contributed by atoms with van der Waals surface area (Å²) in [5.41, 5.74) is 6.01. The summed E-state index contributed by atoms with van der Waals surface area (Å²) >= 11 is 3.31. The second kappa shape index (κ2) is 5.31. The smallest absolute Gasteiger partial charge is 0.182 e. The number of halogens is 1. The lowest BCUT2D eigenvalue weighted by atomic mass is 9.87. The van der Waals surface area contributed by atoms with Crippen LogP contribution in [0.3, 0.4) is 0 Å². The minimum Gasteiger partial charge on any atom is -0.327 e. The molecule has 0 spiro atoms. The standard InChI is InChI=1S/C13H18BrNO2S/c1-9-2-7-12(15)13(8-9)18(16,17)11-5-3-10(14)4-6-11/h3-6,9,12-13H,2,7-8,15H2,1H3. The second-order valence-electron chi connectivity index (χ2n) is 5.12. The van der Waals surface area contributed by atoms with Gasteiger partial charge in [-0.05, 0) is 49.4 Å². The molecule has 2 N–H and O–H groups in total. The molecule has 1 aliphatic carbocycles. The van der Waals surface area contributed by atoms with Crippen molar-refractivity contribution in [1.29, 1.82) is 0 Å². The quantitative estimate of drug-likeness (QED) is 0.906. The van der Waals surface area contributed by atoms with E-state index >= 15 is 0 Å².